The number of rotatable bonds is 3. The van der Waals surface area contributed by atoms with E-state index in [2.05, 4.69) is 15.9 Å². The molecule has 0 amide bonds. The molecule has 0 bridgehead atoms. The molecule has 25 heavy (non-hydrogen) atoms. The van der Waals surface area contributed by atoms with Gasteiger partial charge in [-0.2, -0.15) is 0 Å². The van der Waals surface area contributed by atoms with Crippen LogP contribution in [0.5, 0.6) is 0 Å². The second kappa shape index (κ2) is 6.57. The van der Waals surface area contributed by atoms with Crippen LogP contribution in [0.2, 0.25) is 0 Å². The fraction of sp³-hybridized carbons (Fsp3) is 0.211. The van der Waals surface area contributed by atoms with Gasteiger partial charge in [0.15, 0.2) is 5.60 Å². The Bertz CT molecular complexity index is 886. The Hall–Kier alpha value is -1.66. The second-order valence-corrected chi connectivity index (χ2v) is 7.86. The van der Waals surface area contributed by atoms with Crippen LogP contribution in [0.4, 0.5) is 8.78 Å². The number of thioether (sulfide) groups is 1. The largest absolute Gasteiger partial charge is 0.478 e. The molecule has 2 nitrogen and oxygen atoms in total. The van der Waals surface area contributed by atoms with Crippen LogP contribution < -0.4 is 0 Å². The van der Waals surface area contributed by atoms with E-state index in [-0.39, 0.29) is 16.9 Å². The van der Waals surface area contributed by atoms with Crippen LogP contribution in [0.15, 0.2) is 45.8 Å². The van der Waals surface area contributed by atoms with Crippen molar-refractivity contribution in [2.24, 2.45) is 0 Å². The fourth-order valence-corrected chi connectivity index (χ4v) is 4.05. The van der Waals surface area contributed by atoms with Gasteiger partial charge in [0.2, 0.25) is 5.78 Å². The lowest BCUT2D eigenvalue weighted by Gasteiger charge is -2.18. The lowest BCUT2D eigenvalue weighted by atomic mass is 9.92. The van der Waals surface area contributed by atoms with Crippen LogP contribution in [0, 0.1) is 11.6 Å². The first-order valence-electron chi connectivity index (χ1n) is 7.51. The normalized spacial score (nSPS) is 16.3. The lowest BCUT2D eigenvalue weighted by molar-refractivity contribution is -0.125. The number of hydrogen-bond donors (Lipinski definition) is 0. The van der Waals surface area contributed by atoms with Crippen molar-refractivity contribution in [1.29, 1.82) is 0 Å². The summed E-state index contributed by atoms with van der Waals surface area (Å²) in [6.07, 6.45) is 1.96. The predicted octanol–water partition coefficient (Wildman–Crippen LogP) is 5.70. The molecule has 3 rings (SSSR count). The van der Waals surface area contributed by atoms with E-state index in [9.17, 15) is 13.6 Å². The van der Waals surface area contributed by atoms with E-state index in [0.29, 0.717) is 11.3 Å². The molecule has 0 aromatic heterocycles. The molecular weight excluding hydrogens is 410 g/mol. The van der Waals surface area contributed by atoms with Crippen molar-refractivity contribution in [3.63, 3.8) is 0 Å². The molecule has 0 saturated carbocycles. The van der Waals surface area contributed by atoms with E-state index < -0.39 is 17.2 Å². The molecule has 6 heteroatoms. The van der Waals surface area contributed by atoms with Crippen molar-refractivity contribution in [3.8, 4) is 0 Å². The first-order valence-corrected chi connectivity index (χ1v) is 9.53. The lowest BCUT2D eigenvalue weighted by Crippen LogP contribution is -2.29. The number of ketones is 1. The van der Waals surface area contributed by atoms with Crippen LogP contribution in [0.25, 0.3) is 11.3 Å². The number of halogens is 3. The van der Waals surface area contributed by atoms with E-state index in [0.717, 1.165) is 27.6 Å². The van der Waals surface area contributed by atoms with Crippen molar-refractivity contribution in [3.05, 3.63) is 63.6 Å². The average molecular weight is 425 g/mol. The van der Waals surface area contributed by atoms with Crippen LogP contribution in [-0.4, -0.2) is 17.6 Å². The smallest absolute Gasteiger partial charge is 0.210 e. The van der Waals surface area contributed by atoms with Crippen molar-refractivity contribution >= 4 is 44.8 Å². The van der Waals surface area contributed by atoms with Crippen LogP contribution in [-0.2, 0) is 9.53 Å². The Labute approximate surface area is 157 Å². The SMILES string of the molecule is CSc1ccc(C2=C(c3cc(F)cc(F)c3)C(=O)C(C)(C)O2)cc1Br. The van der Waals surface area contributed by atoms with Gasteiger partial charge in [0.1, 0.15) is 17.4 Å². The molecule has 0 saturated heterocycles. The highest BCUT2D eigenvalue weighted by Gasteiger charge is 2.43. The summed E-state index contributed by atoms with van der Waals surface area (Å²) < 4.78 is 34.1. The topological polar surface area (TPSA) is 26.3 Å². The zero-order valence-corrected chi connectivity index (χ0v) is 16.2. The standard InChI is InChI=1S/C19H15BrF2O2S/c1-19(2)18(23)16(11-6-12(21)9-13(22)7-11)17(24-19)10-4-5-15(25-3)14(20)8-10/h4-9H,1-3H3. The Balaban J connectivity index is 2.23. The summed E-state index contributed by atoms with van der Waals surface area (Å²) in [6, 6.07) is 8.64. The van der Waals surface area contributed by atoms with E-state index >= 15 is 0 Å². The number of carbonyl (C=O) groups is 1. The maximum Gasteiger partial charge on any atom is 0.210 e. The molecular formula is C19H15BrF2O2S. The average Bonchev–Trinajstić information content (AvgIpc) is 2.76. The van der Waals surface area contributed by atoms with Gasteiger partial charge in [0, 0.05) is 21.0 Å². The number of ether oxygens (including phenoxy) is 1. The van der Waals surface area contributed by atoms with Crippen LogP contribution >= 0.6 is 27.7 Å². The summed E-state index contributed by atoms with van der Waals surface area (Å²) in [5.74, 6) is -1.46. The van der Waals surface area contributed by atoms with Gasteiger partial charge in [-0.1, -0.05) is 6.07 Å². The van der Waals surface area contributed by atoms with Gasteiger partial charge < -0.3 is 4.74 Å². The van der Waals surface area contributed by atoms with E-state index in [1.54, 1.807) is 25.6 Å². The van der Waals surface area contributed by atoms with E-state index in [4.69, 9.17) is 4.74 Å². The van der Waals surface area contributed by atoms with Gasteiger partial charge in [-0.05, 0) is 65.9 Å². The quantitative estimate of drug-likeness (QED) is 0.591. The third-order valence-electron chi connectivity index (χ3n) is 3.92. The first kappa shape index (κ1) is 18.1. The Morgan fingerprint density at radius 1 is 1.04 bits per heavy atom. The molecule has 0 N–H and O–H groups in total. The van der Waals surface area contributed by atoms with Gasteiger partial charge in [-0.15, -0.1) is 11.8 Å². The highest BCUT2D eigenvalue weighted by Crippen LogP contribution is 2.42. The third-order valence-corrected chi connectivity index (χ3v) is 5.64. The molecule has 0 atom stereocenters. The van der Waals surface area contributed by atoms with E-state index in [1.807, 2.05) is 24.5 Å². The van der Waals surface area contributed by atoms with Gasteiger partial charge in [0.25, 0.3) is 0 Å². The maximum absolute atomic E-state index is 13.7. The van der Waals surface area contributed by atoms with Crippen LogP contribution in [0.1, 0.15) is 25.0 Å². The molecule has 0 spiro atoms. The van der Waals surface area contributed by atoms with Crippen molar-refractivity contribution in [2.75, 3.05) is 6.26 Å². The minimum Gasteiger partial charge on any atom is -0.478 e. The Morgan fingerprint density at radius 3 is 2.24 bits per heavy atom. The predicted molar refractivity (Wildman–Crippen MR) is 99.3 cm³/mol. The second-order valence-electron chi connectivity index (χ2n) is 6.15. The molecule has 2 aromatic carbocycles. The summed E-state index contributed by atoms with van der Waals surface area (Å²) in [7, 11) is 0. The zero-order chi connectivity index (χ0) is 18.4. The highest BCUT2D eigenvalue weighted by molar-refractivity contribution is 9.10. The molecule has 130 valence electrons. The van der Waals surface area contributed by atoms with Crippen molar-refractivity contribution in [2.45, 2.75) is 24.3 Å². The minimum atomic E-state index is -1.10. The molecule has 1 aliphatic heterocycles. The molecule has 0 aliphatic carbocycles. The first-order chi connectivity index (χ1) is 11.7. The summed E-state index contributed by atoms with van der Waals surface area (Å²) in [5.41, 5.74) is -0.0680. The minimum absolute atomic E-state index is 0.174. The van der Waals surface area contributed by atoms with Gasteiger partial charge in [0.05, 0.1) is 5.57 Å². The number of hydrogen-bond acceptors (Lipinski definition) is 3. The highest BCUT2D eigenvalue weighted by atomic mass is 79.9. The summed E-state index contributed by atoms with van der Waals surface area (Å²) in [4.78, 5) is 13.8. The number of benzene rings is 2. The summed E-state index contributed by atoms with van der Waals surface area (Å²) in [5, 5.41) is 0. The monoisotopic (exact) mass is 424 g/mol. The maximum atomic E-state index is 13.7. The molecule has 1 aliphatic rings. The third kappa shape index (κ3) is 3.37. The van der Waals surface area contributed by atoms with Crippen molar-refractivity contribution in [1.82, 2.24) is 0 Å². The summed E-state index contributed by atoms with van der Waals surface area (Å²) in [6.45, 7) is 3.28. The molecule has 2 aromatic rings. The Morgan fingerprint density at radius 2 is 1.68 bits per heavy atom. The number of Topliss-reactive ketones (excluding diaryl/α,β-unsaturated/α-hetero) is 1. The number of carbonyl (C=O) groups excluding carboxylic acids is 1. The van der Waals surface area contributed by atoms with Gasteiger partial charge in [-0.3, -0.25) is 4.79 Å². The Kier molecular flexibility index (Phi) is 4.77. The molecule has 1 heterocycles. The molecule has 0 radical (unpaired) electrons. The zero-order valence-electron chi connectivity index (χ0n) is 13.8. The van der Waals surface area contributed by atoms with Crippen LogP contribution in [0.3, 0.4) is 0 Å². The van der Waals surface area contributed by atoms with Gasteiger partial charge >= 0.3 is 0 Å². The molecule has 0 fully saturated rings. The fourth-order valence-electron chi connectivity index (χ4n) is 2.73. The van der Waals surface area contributed by atoms with Gasteiger partial charge in [-0.25, -0.2) is 8.78 Å². The van der Waals surface area contributed by atoms with Crippen molar-refractivity contribution < 1.29 is 18.3 Å². The summed E-state index contributed by atoms with van der Waals surface area (Å²) >= 11 is 5.07. The molecule has 0 unspecified atom stereocenters. The van der Waals surface area contributed by atoms with E-state index in [1.165, 1.54) is 0 Å².